The SMILES string of the molecule is Cc1ccc(C)n1NC(=O)c1ccc(OCC(=O)NC[C@@H](C)c2ccccc2)cc1. The highest BCUT2D eigenvalue weighted by atomic mass is 16.5. The van der Waals surface area contributed by atoms with Gasteiger partial charge in [0.2, 0.25) is 0 Å². The van der Waals surface area contributed by atoms with Crippen molar-refractivity contribution in [3.63, 3.8) is 0 Å². The zero-order valence-electron chi connectivity index (χ0n) is 17.5. The number of carbonyl (C=O) groups excluding carboxylic acids is 2. The van der Waals surface area contributed by atoms with Crippen LogP contribution in [0.15, 0.2) is 66.7 Å². The van der Waals surface area contributed by atoms with E-state index in [4.69, 9.17) is 4.74 Å². The molecule has 2 N–H and O–H groups in total. The van der Waals surface area contributed by atoms with Gasteiger partial charge in [-0.2, -0.15) is 0 Å². The maximum absolute atomic E-state index is 12.4. The van der Waals surface area contributed by atoms with Crippen LogP contribution in [0.2, 0.25) is 0 Å². The first-order chi connectivity index (χ1) is 14.4. The van der Waals surface area contributed by atoms with E-state index >= 15 is 0 Å². The zero-order chi connectivity index (χ0) is 21.5. The van der Waals surface area contributed by atoms with E-state index in [0.29, 0.717) is 17.9 Å². The van der Waals surface area contributed by atoms with Crippen molar-refractivity contribution in [3.8, 4) is 5.75 Å². The number of aromatic nitrogens is 1. The van der Waals surface area contributed by atoms with E-state index in [-0.39, 0.29) is 24.3 Å². The second kappa shape index (κ2) is 9.78. The molecule has 2 amide bonds. The van der Waals surface area contributed by atoms with Gasteiger partial charge >= 0.3 is 0 Å². The Balaban J connectivity index is 1.46. The number of nitrogens with zero attached hydrogens (tertiary/aromatic N) is 1. The standard InChI is InChI=1S/C24H27N3O3/c1-17(20-7-5-4-6-8-20)15-25-23(28)16-30-22-13-11-21(12-14-22)24(29)26-27-18(2)9-10-19(27)3/h4-14,17H,15-16H2,1-3H3,(H,25,28)(H,26,29)/t17-/m1/s1. The fourth-order valence-electron chi connectivity index (χ4n) is 3.08. The number of amides is 2. The van der Waals surface area contributed by atoms with Crippen LogP contribution in [0, 0.1) is 13.8 Å². The molecule has 1 heterocycles. The molecule has 0 spiro atoms. The van der Waals surface area contributed by atoms with Crippen LogP contribution in [0.3, 0.4) is 0 Å². The number of ether oxygens (including phenoxy) is 1. The van der Waals surface area contributed by atoms with E-state index < -0.39 is 0 Å². The Morgan fingerprint density at radius 3 is 2.20 bits per heavy atom. The van der Waals surface area contributed by atoms with Gasteiger partial charge in [-0.1, -0.05) is 37.3 Å². The Labute approximate surface area is 176 Å². The lowest BCUT2D eigenvalue weighted by Crippen LogP contribution is -2.31. The molecule has 30 heavy (non-hydrogen) atoms. The van der Waals surface area contributed by atoms with Crippen molar-refractivity contribution in [2.45, 2.75) is 26.7 Å². The summed E-state index contributed by atoms with van der Waals surface area (Å²) in [5, 5.41) is 2.89. The predicted octanol–water partition coefficient (Wildman–Crippen LogP) is 3.79. The van der Waals surface area contributed by atoms with Crippen molar-refractivity contribution in [2.75, 3.05) is 18.6 Å². The molecule has 0 saturated heterocycles. The Kier molecular flexibility index (Phi) is 6.91. The smallest absolute Gasteiger partial charge is 0.270 e. The summed E-state index contributed by atoms with van der Waals surface area (Å²) in [7, 11) is 0. The van der Waals surface area contributed by atoms with Gasteiger partial charge in [-0.3, -0.25) is 19.7 Å². The predicted molar refractivity (Wildman–Crippen MR) is 117 cm³/mol. The molecule has 1 aromatic heterocycles. The van der Waals surface area contributed by atoms with E-state index in [2.05, 4.69) is 17.7 Å². The van der Waals surface area contributed by atoms with Gasteiger partial charge in [0.1, 0.15) is 5.75 Å². The largest absolute Gasteiger partial charge is 0.484 e. The Morgan fingerprint density at radius 2 is 1.57 bits per heavy atom. The molecular formula is C24H27N3O3. The molecule has 1 atom stereocenters. The summed E-state index contributed by atoms with van der Waals surface area (Å²) in [5.74, 6) is 0.362. The summed E-state index contributed by atoms with van der Waals surface area (Å²) in [6.07, 6.45) is 0. The van der Waals surface area contributed by atoms with Crippen LogP contribution in [-0.4, -0.2) is 29.6 Å². The van der Waals surface area contributed by atoms with E-state index in [9.17, 15) is 9.59 Å². The molecular weight excluding hydrogens is 378 g/mol. The van der Waals surface area contributed by atoms with Gasteiger partial charge in [0.05, 0.1) is 0 Å². The van der Waals surface area contributed by atoms with Crippen molar-refractivity contribution in [3.05, 3.63) is 89.2 Å². The van der Waals surface area contributed by atoms with Crippen LogP contribution >= 0.6 is 0 Å². The van der Waals surface area contributed by atoms with Gasteiger partial charge in [-0.25, -0.2) is 0 Å². The number of aryl methyl sites for hydroxylation is 2. The summed E-state index contributed by atoms with van der Waals surface area (Å²) >= 11 is 0. The van der Waals surface area contributed by atoms with Crippen LogP contribution < -0.4 is 15.5 Å². The fraction of sp³-hybridized carbons (Fsp3) is 0.250. The molecule has 0 aliphatic rings. The third-order valence-electron chi connectivity index (χ3n) is 4.94. The first-order valence-corrected chi connectivity index (χ1v) is 9.95. The van der Waals surface area contributed by atoms with Crippen LogP contribution in [-0.2, 0) is 4.79 Å². The quantitative estimate of drug-likeness (QED) is 0.599. The molecule has 0 unspecified atom stereocenters. The first kappa shape index (κ1) is 21.2. The minimum absolute atomic E-state index is 0.0746. The highest BCUT2D eigenvalue weighted by molar-refractivity contribution is 6.00. The monoisotopic (exact) mass is 405 g/mol. The number of hydrogen-bond donors (Lipinski definition) is 2. The Hall–Kier alpha value is -3.54. The van der Waals surface area contributed by atoms with Crippen LogP contribution in [0.4, 0.5) is 0 Å². The topological polar surface area (TPSA) is 72.4 Å². The molecule has 0 saturated carbocycles. The molecule has 0 radical (unpaired) electrons. The van der Waals surface area contributed by atoms with Gasteiger partial charge in [0.25, 0.3) is 11.8 Å². The van der Waals surface area contributed by atoms with Crippen molar-refractivity contribution in [2.24, 2.45) is 0 Å². The average molecular weight is 405 g/mol. The van der Waals surface area contributed by atoms with Crippen molar-refractivity contribution in [1.29, 1.82) is 0 Å². The molecule has 6 nitrogen and oxygen atoms in total. The van der Waals surface area contributed by atoms with Gasteiger partial charge in [-0.05, 0) is 61.7 Å². The maximum atomic E-state index is 12.4. The molecule has 156 valence electrons. The normalized spacial score (nSPS) is 11.6. The third-order valence-corrected chi connectivity index (χ3v) is 4.94. The van der Waals surface area contributed by atoms with E-state index in [0.717, 1.165) is 11.4 Å². The molecule has 6 heteroatoms. The Morgan fingerprint density at radius 1 is 0.933 bits per heavy atom. The number of carbonyl (C=O) groups is 2. The molecule has 3 aromatic rings. The van der Waals surface area contributed by atoms with Crippen LogP contribution in [0.1, 0.15) is 40.2 Å². The van der Waals surface area contributed by atoms with Gasteiger partial charge in [0.15, 0.2) is 6.61 Å². The molecule has 2 aromatic carbocycles. The molecule has 0 bridgehead atoms. The lowest BCUT2D eigenvalue weighted by atomic mass is 10.0. The van der Waals surface area contributed by atoms with Crippen LogP contribution in [0.5, 0.6) is 5.75 Å². The first-order valence-electron chi connectivity index (χ1n) is 9.95. The number of benzene rings is 2. The minimum Gasteiger partial charge on any atom is -0.484 e. The molecule has 3 rings (SSSR count). The highest BCUT2D eigenvalue weighted by Crippen LogP contribution is 2.14. The summed E-state index contributed by atoms with van der Waals surface area (Å²) in [4.78, 5) is 24.5. The zero-order valence-corrected chi connectivity index (χ0v) is 17.5. The summed E-state index contributed by atoms with van der Waals surface area (Å²) in [5.41, 5.74) is 6.45. The molecule has 0 fully saturated rings. The number of nitrogens with one attached hydrogen (secondary N) is 2. The lowest BCUT2D eigenvalue weighted by molar-refractivity contribution is -0.123. The fourth-order valence-corrected chi connectivity index (χ4v) is 3.08. The minimum atomic E-state index is -0.211. The van der Waals surface area contributed by atoms with Crippen molar-refractivity contribution < 1.29 is 14.3 Å². The highest BCUT2D eigenvalue weighted by Gasteiger charge is 2.10. The lowest BCUT2D eigenvalue weighted by Gasteiger charge is -2.14. The average Bonchev–Trinajstić information content (AvgIpc) is 3.09. The second-order valence-corrected chi connectivity index (χ2v) is 7.32. The Bertz CT molecular complexity index is 975. The molecule has 0 aliphatic carbocycles. The van der Waals surface area contributed by atoms with Gasteiger partial charge in [0, 0.05) is 23.5 Å². The number of hydrogen-bond acceptors (Lipinski definition) is 3. The summed E-state index contributed by atoms with van der Waals surface area (Å²) in [6, 6.07) is 20.6. The van der Waals surface area contributed by atoms with Crippen molar-refractivity contribution >= 4 is 11.8 Å². The van der Waals surface area contributed by atoms with Gasteiger partial charge < -0.3 is 10.1 Å². The van der Waals surface area contributed by atoms with E-state index in [1.165, 1.54) is 5.56 Å². The molecule has 0 aliphatic heterocycles. The second-order valence-electron chi connectivity index (χ2n) is 7.32. The van der Waals surface area contributed by atoms with Crippen molar-refractivity contribution in [1.82, 2.24) is 9.99 Å². The maximum Gasteiger partial charge on any atom is 0.270 e. The number of rotatable bonds is 8. The van der Waals surface area contributed by atoms with E-state index in [1.807, 2.05) is 56.3 Å². The van der Waals surface area contributed by atoms with Gasteiger partial charge in [-0.15, -0.1) is 0 Å². The van der Waals surface area contributed by atoms with Crippen LogP contribution in [0.25, 0.3) is 0 Å². The summed E-state index contributed by atoms with van der Waals surface area (Å²) < 4.78 is 7.28. The summed E-state index contributed by atoms with van der Waals surface area (Å²) in [6.45, 7) is 6.39. The third kappa shape index (κ3) is 5.50. The van der Waals surface area contributed by atoms with E-state index in [1.54, 1.807) is 28.9 Å².